The van der Waals surface area contributed by atoms with Gasteiger partial charge >= 0.3 is 0 Å². The predicted octanol–water partition coefficient (Wildman–Crippen LogP) is 8.74. The SMILES string of the molecule is Fc1ccc2c3c(ccc2c1)C(C1(C2CCCC2)CCC1)c1ccc2cc(F)ccc2c1-3. The molecule has 0 unspecified atom stereocenters. The van der Waals surface area contributed by atoms with Crippen LogP contribution in [-0.2, 0) is 0 Å². The highest BCUT2D eigenvalue weighted by molar-refractivity contribution is 6.10. The summed E-state index contributed by atoms with van der Waals surface area (Å²) >= 11 is 0. The van der Waals surface area contributed by atoms with E-state index in [1.54, 1.807) is 24.3 Å². The molecule has 0 spiro atoms. The Hall–Kier alpha value is -2.74. The van der Waals surface area contributed by atoms with E-state index in [0.29, 0.717) is 11.3 Å². The van der Waals surface area contributed by atoms with Gasteiger partial charge in [-0.1, -0.05) is 55.7 Å². The van der Waals surface area contributed by atoms with Gasteiger partial charge in [0.25, 0.3) is 0 Å². The Morgan fingerprint density at radius 2 is 1.16 bits per heavy atom. The highest BCUT2D eigenvalue weighted by atomic mass is 19.1. The maximum absolute atomic E-state index is 14.1. The van der Waals surface area contributed by atoms with Crippen molar-refractivity contribution in [1.29, 1.82) is 0 Å². The van der Waals surface area contributed by atoms with Crippen molar-refractivity contribution >= 4 is 21.5 Å². The number of benzene rings is 4. The Morgan fingerprint density at radius 3 is 1.62 bits per heavy atom. The van der Waals surface area contributed by atoms with Crippen LogP contribution in [0.25, 0.3) is 32.7 Å². The van der Waals surface area contributed by atoms with Crippen LogP contribution >= 0.6 is 0 Å². The Kier molecular flexibility index (Phi) is 3.90. The van der Waals surface area contributed by atoms with Crippen molar-refractivity contribution in [3.05, 3.63) is 83.4 Å². The fourth-order valence-electron chi connectivity index (χ4n) is 7.48. The van der Waals surface area contributed by atoms with E-state index < -0.39 is 0 Å². The van der Waals surface area contributed by atoms with Crippen LogP contribution < -0.4 is 0 Å². The first-order valence-corrected chi connectivity index (χ1v) is 12.1. The van der Waals surface area contributed by atoms with Crippen molar-refractivity contribution < 1.29 is 8.78 Å². The Bertz CT molecular complexity index is 1300. The summed E-state index contributed by atoms with van der Waals surface area (Å²) in [7, 11) is 0. The first kappa shape index (κ1) is 18.8. The van der Waals surface area contributed by atoms with Crippen LogP contribution in [0.5, 0.6) is 0 Å². The molecule has 0 radical (unpaired) electrons. The van der Waals surface area contributed by atoms with Gasteiger partial charge in [0.1, 0.15) is 11.6 Å². The molecule has 0 saturated heterocycles. The molecule has 4 aromatic carbocycles. The Balaban J connectivity index is 1.58. The van der Waals surface area contributed by atoms with E-state index in [1.165, 1.54) is 67.2 Å². The molecule has 0 bridgehead atoms. The maximum atomic E-state index is 14.1. The van der Waals surface area contributed by atoms with Crippen LogP contribution in [0.2, 0.25) is 0 Å². The molecule has 7 rings (SSSR count). The highest BCUT2D eigenvalue weighted by Crippen LogP contribution is 2.67. The average Bonchev–Trinajstić information content (AvgIpc) is 3.40. The maximum Gasteiger partial charge on any atom is 0.123 e. The van der Waals surface area contributed by atoms with Crippen molar-refractivity contribution in [2.75, 3.05) is 0 Å². The lowest BCUT2D eigenvalue weighted by atomic mass is 9.52. The third-order valence-electron chi connectivity index (χ3n) is 8.93. The van der Waals surface area contributed by atoms with Gasteiger partial charge in [-0.15, -0.1) is 0 Å². The largest absolute Gasteiger partial charge is 0.207 e. The predicted molar refractivity (Wildman–Crippen MR) is 127 cm³/mol. The smallest absolute Gasteiger partial charge is 0.123 e. The summed E-state index contributed by atoms with van der Waals surface area (Å²) in [6.07, 6.45) is 9.31. The first-order valence-electron chi connectivity index (χ1n) is 12.1. The van der Waals surface area contributed by atoms with E-state index in [2.05, 4.69) is 24.3 Å². The van der Waals surface area contributed by atoms with Gasteiger partial charge < -0.3 is 0 Å². The molecule has 0 nitrogen and oxygen atoms in total. The van der Waals surface area contributed by atoms with E-state index >= 15 is 0 Å². The molecule has 0 atom stereocenters. The number of rotatable bonds is 2. The van der Waals surface area contributed by atoms with Crippen LogP contribution in [0.4, 0.5) is 8.78 Å². The van der Waals surface area contributed by atoms with Crippen molar-refractivity contribution in [3.8, 4) is 11.1 Å². The second-order valence-electron chi connectivity index (χ2n) is 10.3. The van der Waals surface area contributed by atoms with Crippen LogP contribution in [0.15, 0.2) is 60.7 Å². The zero-order valence-corrected chi connectivity index (χ0v) is 18.1. The van der Waals surface area contributed by atoms with E-state index in [-0.39, 0.29) is 11.6 Å². The number of hydrogen-bond acceptors (Lipinski definition) is 0. The number of fused-ring (bicyclic) bond motifs is 7. The fraction of sp³-hybridized carbons (Fsp3) is 0.333. The summed E-state index contributed by atoms with van der Waals surface area (Å²) in [5.41, 5.74) is 5.65. The summed E-state index contributed by atoms with van der Waals surface area (Å²) in [5, 5.41) is 4.12. The quantitative estimate of drug-likeness (QED) is 0.302. The summed E-state index contributed by atoms with van der Waals surface area (Å²) in [4.78, 5) is 0. The molecule has 2 fully saturated rings. The van der Waals surface area contributed by atoms with Gasteiger partial charge in [-0.25, -0.2) is 8.78 Å². The molecule has 4 aromatic rings. The molecule has 32 heavy (non-hydrogen) atoms. The summed E-state index contributed by atoms with van der Waals surface area (Å²) < 4.78 is 28.1. The van der Waals surface area contributed by atoms with Gasteiger partial charge in [0, 0.05) is 5.92 Å². The Labute approximate surface area is 187 Å². The van der Waals surface area contributed by atoms with Crippen molar-refractivity contribution in [2.45, 2.75) is 50.9 Å². The zero-order valence-electron chi connectivity index (χ0n) is 18.1. The van der Waals surface area contributed by atoms with Gasteiger partial charge in [0.05, 0.1) is 0 Å². The second kappa shape index (κ2) is 6.63. The Morgan fingerprint density at radius 1 is 0.625 bits per heavy atom. The zero-order chi connectivity index (χ0) is 21.4. The number of hydrogen-bond donors (Lipinski definition) is 0. The van der Waals surface area contributed by atoms with Crippen molar-refractivity contribution in [3.63, 3.8) is 0 Å². The third kappa shape index (κ3) is 2.41. The third-order valence-corrected chi connectivity index (χ3v) is 8.93. The van der Waals surface area contributed by atoms with Crippen molar-refractivity contribution in [1.82, 2.24) is 0 Å². The van der Waals surface area contributed by atoms with E-state index in [9.17, 15) is 8.78 Å². The van der Waals surface area contributed by atoms with E-state index in [4.69, 9.17) is 0 Å². The molecule has 0 heterocycles. The van der Waals surface area contributed by atoms with E-state index in [0.717, 1.165) is 27.5 Å². The average molecular weight is 425 g/mol. The van der Waals surface area contributed by atoms with Gasteiger partial charge in [-0.05, 0) is 105 Å². The van der Waals surface area contributed by atoms with Gasteiger partial charge in [-0.3, -0.25) is 0 Å². The molecule has 3 aliphatic carbocycles. The molecule has 2 heteroatoms. The standard InChI is InChI=1S/C30H26F2/c31-21-8-12-23-18(16-21)6-10-25-27(23)28-24-13-9-22(32)17-19(24)7-11-26(28)29(25)30(14-3-15-30)20-4-1-2-5-20/h6-13,16-17,20,29H,1-5,14-15H2. The lowest BCUT2D eigenvalue weighted by Crippen LogP contribution is -2.41. The first-order chi connectivity index (χ1) is 15.7. The molecular formula is C30H26F2. The van der Waals surface area contributed by atoms with Crippen LogP contribution in [0, 0.1) is 23.0 Å². The lowest BCUT2D eigenvalue weighted by Gasteiger charge is -2.52. The van der Waals surface area contributed by atoms with Crippen molar-refractivity contribution in [2.24, 2.45) is 11.3 Å². The molecule has 0 aliphatic heterocycles. The molecule has 2 saturated carbocycles. The highest BCUT2D eigenvalue weighted by Gasteiger charge is 2.53. The monoisotopic (exact) mass is 424 g/mol. The second-order valence-corrected chi connectivity index (χ2v) is 10.3. The van der Waals surface area contributed by atoms with Crippen LogP contribution in [0.1, 0.15) is 62.0 Å². The summed E-state index contributed by atoms with van der Waals surface area (Å²) in [6.45, 7) is 0. The van der Waals surface area contributed by atoms with Gasteiger partial charge in [0.2, 0.25) is 0 Å². The molecular weight excluding hydrogens is 398 g/mol. The number of halogens is 2. The summed E-state index contributed by atoms with van der Waals surface area (Å²) in [6, 6.07) is 19.1. The normalized spacial score (nSPS) is 19.9. The minimum atomic E-state index is -0.200. The van der Waals surface area contributed by atoms with Crippen LogP contribution in [-0.4, -0.2) is 0 Å². The topological polar surface area (TPSA) is 0 Å². The summed E-state index contributed by atoms with van der Waals surface area (Å²) in [5.74, 6) is 0.767. The minimum absolute atomic E-state index is 0.200. The molecule has 0 amide bonds. The van der Waals surface area contributed by atoms with E-state index in [1.807, 2.05) is 12.1 Å². The van der Waals surface area contributed by atoms with Crippen LogP contribution in [0.3, 0.4) is 0 Å². The molecule has 3 aliphatic rings. The molecule has 0 aromatic heterocycles. The van der Waals surface area contributed by atoms with Gasteiger partial charge in [-0.2, -0.15) is 0 Å². The lowest BCUT2D eigenvalue weighted by molar-refractivity contribution is 0.0335. The molecule has 0 N–H and O–H groups in total. The minimum Gasteiger partial charge on any atom is -0.207 e. The molecule has 160 valence electrons. The fourth-order valence-corrected chi connectivity index (χ4v) is 7.48. The van der Waals surface area contributed by atoms with Gasteiger partial charge in [0.15, 0.2) is 0 Å².